The van der Waals surface area contributed by atoms with Crippen LogP contribution in [0.25, 0.3) is 0 Å². The minimum atomic E-state index is -2.51. The third-order valence-corrected chi connectivity index (χ3v) is 1.93. The molecule has 1 aromatic heterocycles. The minimum Gasteiger partial charge on any atom is -0.376 e. The number of alkyl halides is 2. The lowest BCUT2D eigenvalue weighted by Crippen LogP contribution is -2.09. The van der Waals surface area contributed by atoms with Crippen LogP contribution in [0.1, 0.15) is 23.4 Å². The molecule has 0 fully saturated rings. The Morgan fingerprint density at radius 1 is 1.50 bits per heavy atom. The zero-order chi connectivity index (χ0) is 8.55. The number of rotatable bonds is 1. The molecule has 0 amide bonds. The number of halogens is 2. The van der Waals surface area contributed by atoms with Gasteiger partial charge in [0.05, 0.1) is 13.2 Å². The summed E-state index contributed by atoms with van der Waals surface area (Å²) in [5.74, 6) is 0. The number of fused-ring (bicyclic) bond motifs is 1. The summed E-state index contributed by atoms with van der Waals surface area (Å²) in [5, 5.41) is 6.14. The number of hydrogen-bond acceptors (Lipinski definition) is 2. The molecule has 2 heterocycles. The molecule has 0 spiro atoms. The first-order valence-corrected chi connectivity index (χ1v) is 3.71. The number of hydrogen-bond donors (Lipinski definition) is 1. The standard InChI is InChI=1S/C7H8F2N2O/c8-7(9)6-4-3-12-2-1-5(4)10-11-6/h7H,1-3H2,(H,10,11). The fraction of sp³-hybridized carbons (Fsp3) is 0.571. The van der Waals surface area contributed by atoms with E-state index in [9.17, 15) is 8.78 Å². The molecular weight excluding hydrogens is 166 g/mol. The van der Waals surface area contributed by atoms with E-state index in [1.807, 2.05) is 0 Å². The normalized spacial score (nSPS) is 16.6. The second-order valence-electron chi connectivity index (χ2n) is 2.67. The second-order valence-corrected chi connectivity index (χ2v) is 2.67. The smallest absolute Gasteiger partial charge is 0.282 e. The van der Waals surface area contributed by atoms with Gasteiger partial charge < -0.3 is 4.74 Å². The van der Waals surface area contributed by atoms with Gasteiger partial charge in [-0.2, -0.15) is 5.10 Å². The lowest BCUT2D eigenvalue weighted by Gasteiger charge is -2.11. The van der Waals surface area contributed by atoms with Crippen molar-refractivity contribution in [3.63, 3.8) is 0 Å². The van der Waals surface area contributed by atoms with E-state index in [2.05, 4.69) is 10.2 Å². The predicted octanol–water partition coefficient (Wildman–Crippen LogP) is 1.42. The Balaban J connectivity index is 2.38. The first-order valence-electron chi connectivity index (χ1n) is 3.71. The Kier molecular flexibility index (Phi) is 1.80. The summed E-state index contributed by atoms with van der Waals surface area (Å²) in [6.45, 7) is 0.837. The maximum Gasteiger partial charge on any atom is 0.282 e. The number of H-pyrrole nitrogens is 1. The molecule has 0 bridgehead atoms. The van der Waals surface area contributed by atoms with Crippen LogP contribution in [0.4, 0.5) is 8.78 Å². The van der Waals surface area contributed by atoms with E-state index in [-0.39, 0.29) is 12.3 Å². The predicted molar refractivity (Wildman–Crippen MR) is 36.9 cm³/mol. The molecule has 1 aromatic rings. The first kappa shape index (κ1) is 7.67. The molecule has 0 aromatic carbocycles. The quantitative estimate of drug-likeness (QED) is 0.699. The van der Waals surface area contributed by atoms with Crippen molar-refractivity contribution in [3.05, 3.63) is 17.0 Å². The van der Waals surface area contributed by atoms with Crippen LogP contribution in [-0.4, -0.2) is 16.8 Å². The summed E-state index contributed by atoms with van der Waals surface area (Å²) in [6, 6.07) is 0. The first-order chi connectivity index (χ1) is 5.79. The number of nitrogens with zero attached hydrogens (tertiary/aromatic N) is 1. The molecular formula is C7H8F2N2O. The summed E-state index contributed by atoms with van der Waals surface area (Å²) in [5.41, 5.74) is 1.16. The Bertz CT molecular complexity index is 285. The third kappa shape index (κ3) is 1.10. The van der Waals surface area contributed by atoms with Crippen molar-refractivity contribution >= 4 is 0 Å². The molecule has 0 saturated carbocycles. The second kappa shape index (κ2) is 2.82. The number of nitrogens with one attached hydrogen (secondary N) is 1. The van der Waals surface area contributed by atoms with Gasteiger partial charge in [0.25, 0.3) is 6.43 Å². The zero-order valence-corrected chi connectivity index (χ0v) is 6.31. The van der Waals surface area contributed by atoms with Crippen molar-refractivity contribution in [2.24, 2.45) is 0 Å². The number of aromatic nitrogens is 2. The van der Waals surface area contributed by atoms with Gasteiger partial charge in [0.15, 0.2) is 0 Å². The van der Waals surface area contributed by atoms with Crippen molar-refractivity contribution in [1.29, 1.82) is 0 Å². The van der Waals surface area contributed by atoms with Gasteiger partial charge in [0.2, 0.25) is 0 Å². The van der Waals surface area contributed by atoms with Crippen molar-refractivity contribution in [2.75, 3.05) is 6.61 Å². The molecule has 5 heteroatoms. The van der Waals surface area contributed by atoms with Gasteiger partial charge in [-0.15, -0.1) is 0 Å². The summed E-state index contributed by atoms with van der Waals surface area (Å²) in [7, 11) is 0. The van der Waals surface area contributed by atoms with Crippen LogP contribution in [0.15, 0.2) is 0 Å². The highest BCUT2D eigenvalue weighted by Crippen LogP contribution is 2.25. The Hall–Kier alpha value is -0.970. The number of ether oxygens (including phenoxy) is 1. The average molecular weight is 174 g/mol. The molecule has 0 radical (unpaired) electrons. The van der Waals surface area contributed by atoms with Gasteiger partial charge in [0, 0.05) is 17.7 Å². The average Bonchev–Trinajstić information content (AvgIpc) is 2.47. The maximum atomic E-state index is 12.3. The van der Waals surface area contributed by atoms with Crippen LogP contribution in [0.2, 0.25) is 0 Å². The Morgan fingerprint density at radius 2 is 2.33 bits per heavy atom. The maximum absolute atomic E-state index is 12.3. The molecule has 12 heavy (non-hydrogen) atoms. The summed E-state index contributed by atoms with van der Waals surface area (Å²) < 4.78 is 29.6. The SMILES string of the molecule is FC(F)c1n[nH]c2c1COCC2. The van der Waals surface area contributed by atoms with E-state index >= 15 is 0 Å². The van der Waals surface area contributed by atoms with E-state index in [4.69, 9.17) is 4.74 Å². The van der Waals surface area contributed by atoms with Crippen molar-refractivity contribution in [1.82, 2.24) is 10.2 Å². The summed E-state index contributed by atoms with van der Waals surface area (Å²) in [4.78, 5) is 0. The molecule has 0 aliphatic carbocycles. The van der Waals surface area contributed by atoms with E-state index in [1.165, 1.54) is 0 Å². The van der Waals surface area contributed by atoms with Gasteiger partial charge >= 0.3 is 0 Å². The minimum absolute atomic E-state index is 0.162. The largest absolute Gasteiger partial charge is 0.376 e. The summed E-state index contributed by atoms with van der Waals surface area (Å²) >= 11 is 0. The molecule has 0 unspecified atom stereocenters. The molecule has 66 valence electrons. The van der Waals surface area contributed by atoms with E-state index < -0.39 is 6.43 Å². The zero-order valence-electron chi connectivity index (χ0n) is 6.31. The molecule has 0 atom stereocenters. The fourth-order valence-corrected chi connectivity index (χ4v) is 1.31. The Morgan fingerprint density at radius 3 is 3.08 bits per heavy atom. The van der Waals surface area contributed by atoms with E-state index in [0.717, 1.165) is 5.69 Å². The van der Waals surface area contributed by atoms with Crippen LogP contribution in [0.3, 0.4) is 0 Å². The Labute approximate surface area is 67.7 Å². The van der Waals surface area contributed by atoms with Gasteiger partial charge in [0.1, 0.15) is 5.69 Å². The highest BCUT2D eigenvalue weighted by Gasteiger charge is 2.22. The molecule has 3 nitrogen and oxygen atoms in total. The van der Waals surface area contributed by atoms with E-state index in [0.29, 0.717) is 18.6 Å². The molecule has 2 rings (SSSR count). The topological polar surface area (TPSA) is 37.9 Å². The van der Waals surface area contributed by atoms with Gasteiger partial charge in [-0.1, -0.05) is 0 Å². The van der Waals surface area contributed by atoms with Gasteiger partial charge in [-0.25, -0.2) is 8.78 Å². The number of aromatic amines is 1. The fourth-order valence-electron chi connectivity index (χ4n) is 1.31. The van der Waals surface area contributed by atoms with Crippen LogP contribution in [0, 0.1) is 0 Å². The van der Waals surface area contributed by atoms with Crippen molar-refractivity contribution in [2.45, 2.75) is 19.5 Å². The molecule has 0 saturated heterocycles. The molecule has 1 aliphatic rings. The van der Waals surface area contributed by atoms with Crippen molar-refractivity contribution in [3.8, 4) is 0 Å². The van der Waals surface area contributed by atoms with Gasteiger partial charge in [-0.05, 0) is 0 Å². The monoisotopic (exact) mass is 174 g/mol. The highest BCUT2D eigenvalue weighted by molar-refractivity contribution is 5.26. The van der Waals surface area contributed by atoms with Crippen LogP contribution in [-0.2, 0) is 17.8 Å². The summed E-state index contributed by atoms with van der Waals surface area (Å²) in [6.07, 6.45) is -1.86. The lowest BCUT2D eigenvalue weighted by molar-refractivity contribution is 0.101. The van der Waals surface area contributed by atoms with Crippen LogP contribution in [0.5, 0.6) is 0 Å². The molecule has 1 N–H and O–H groups in total. The third-order valence-electron chi connectivity index (χ3n) is 1.93. The van der Waals surface area contributed by atoms with E-state index in [1.54, 1.807) is 0 Å². The molecule has 1 aliphatic heterocycles. The van der Waals surface area contributed by atoms with Gasteiger partial charge in [-0.3, -0.25) is 5.10 Å². The lowest BCUT2D eigenvalue weighted by atomic mass is 10.1. The van der Waals surface area contributed by atoms with Crippen LogP contribution < -0.4 is 0 Å². The van der Waals surface area contributed by atoms with Crippen LogP contribution >= 0.6 is 0 Å². The van der Waals surface area contributed by atoms with Crippen molar-refractivity contribution < 1.29 is 13.5 Å². The highest BCUT2D eigenvalue weighted by atomic mass is 19.3.